The van der Waals surface area contributed by atoms with Crippen LogP contribution in [0.3, 0.4) is 0 Å². The molecule has 0 saturated carbocycles. The zero-order valence-corrected chi connectivity index (χ0v) is 14.3. The third-order valence-electron chi connectivity index (χ3n) is 4.10. The third-order valence-corrected chi connectivity index (χ3v) is 5.89. The molecule has 0 spiro atoms. The minimum atomic E-state index is -3.55. The van der Waals surface area contributed by atoms with Crippen LogP contribution < -0.4 is 4.90 Å². The molecular weight excluding hydrogens is 326 g/mol. The van der Waals surface area contributed by atoms with Crippen molar-refractivity contribution in [1.82, 2.24) is 13.9 Å². The van der Waals surface area contributed by atoms with Crippen LogP contribution in [0, 0.1) is 11.3 Å². The fraction of sp³-hybridized carbons (Fsp3) is 0.375. The summed E-state index contributed by atoms with van der Waals surface area (Å²) >= 11 is 0. The van der Waals surface area contributed by atoms with E-state index in [9.17, 15) is 8.42 Å². The van der Waals surface area contributed by atoms with Gasteiger partial charge in [-0.25, -0.2) is 13.4 Å². The van der Waals surface area contributed by atoms with Gasteiger partial charge >= 0.3 is 0 Å². The topological polar surface area (TPSA) is 82.2 Å². The van der Waals surface area contributed by atoms with Crippen LogP contribution >= 0.6 is 0 Å². The number of aryl methyl sites for hydroxylation is 1. The Morgan fingerprint density at radius 3 is 2.50 bits per heavy atom. The van der Waals surface area contributed by atoms with Crippen molar-refractivity contribution in [3.63, 3.8) is 0 Å². The summed E-state index contributed by atoms with van der Waals surface area (Å²) < 4.78 is 28.5. The van der Waals surface area contributed by atoms with Gasteiger partial charge in [-0.05, 0) is 30.7 Å². The molecule has 1 aliphatic rings. The first-order valence-electron chi connectivity index (χ1n) is 7.74. The molecule has 0 bridgehead atoms. The highest BCUT2D eigenvalue weighted by atomic mass is 32.2. The molecule has 1 aromatic carbocycles. The summed E-state index contributed by atoms with van der Waals surface area (Å²) in [4.78, 5) is 6.13. The minimum absolute atomic E-state index is 0.0943. The van der Waals surface area contributed by atoms with Crippen molar-refractivity contribution in [3.8, 4) is 6.07 Å². The lowest BCUT2D eigenvalue weighted by Crippen LogP contribution is -2.35. The Hall–Kier alpha value is -2.37. The molecular formula is C16H19N5O2S. The van der Waals surface area contributed by atoms with Gasteiger partial charge in [-0.15, -0.1) is 0 Å². The second kappa shape index (κ2) is 6.63. The molecule has 1 aromatic heterocycles. The molecule has 0 unspecified atom stereocenters. The zero-order chi connectivity index (χ0) is 17.2. The Morgan fingerprint density at radius 2 is 1.88 bits per heavy atom. The Balaban J connectivity index is 1.74. The van der Waals surface area contributed by atoms with Gasteiger partial charge in [0, 0.05) is 45.1 Å². The highest BCUT2D eigenvalue weighted by molar-refractivity contribution is 7.89. The van der Waals surface area contributed by atoms with E-state index in [0.717, 1.165) is 18.7 Å². The van der Waals surface area contributed by atoms with Gasteiger partial charge in [0.05, 0.1) is 18.0 Å². The summed E-state index contributed by atoms with van der Waals surface area (Å²) in [5, 5.41) is 8.97. The van der Waals surface area contributed by atoms with Gasteiger partial charge in [0.1, 0.15) is 0 Å². The van der Waals surface area contributed by atoms with E-state index >= 15 is 0 Å². The van der Waals surface area contributed by atoms with E-state index in [1.54, 1.807) is 23.7 Å². The summed E-state index contributed by atoms with van der Waals surface area (Å²) in [6.45, 7) is 2.28. The predicted molar refractivity (Wildman–Crippen MR) is 90.0 cm³/mol. The summed E-state index contributed by atoms with van der Waals surface area (Å²) in [5.74, 6) is 0. The van der Waals surface area contributed by atoms with Crippen molar-refractivity contribution < 1.29 is 8.42 Å². The number of nitrogens with zero attached hydrogens (tertiary/aromatic N) is 5. The molecule has 0 aliphatic carbocycles. The van der Waals surface area contributed by atoms with E-state index in [1.165, 1.54) is 16.8 Å². The molecule has 1 aliphatic heterocycles. The average molecular weight is 345 g/mol. The van der Waals surface area contributed by atoms with Crippen molar-refractivity contribution in [2.24, 2.45) is 7.05 Å². The Bertz CT molecular complexity index is 851. The van der Waals surface area contributed by atoms with Crippen molar-refractivity contribution >= 4 is 15.7 Å². The average Bonchev–Trinajstić information content (AvgIpc) is 2.88. The molecule has 126 valence electrons. The summed E-state index contributed by atoms with van der Waals surface area (Å²) in [5.41, 5.74) is 1.62. The molecule has 3 rings (SSSR count). The normalized spacial score (nSPS) is 16.6. The lowest BCUT2D eigenvalue weighted by molar-refractivity contribution is 0.431. The molecule has 24 heavy (non-hydrogen) atoms. The first kappa shape index (κ1) is 16.5. The van der Waals surface area contributed by atoms with E-state index in [1.807, 2.05) is 12.1 Å². The highest BCUT2D eigenvalue weighted by Gasteiger charge is 2.28. The van der Waals surface area contributed by atoms with E-state index in [-0.39, 0.29) is 5.03 Å². The van der Waals surface area contributed by atoms with Crippen LogP contribution in [0.15, 0.2) is 41.8 Å². The van der Waals surface area contributed by atoms with E-state index in [0.29, 0.717) is 25.2 Å². The maximum absolute atomic E-state index is 12.7. The Kier molecular flexibility index (Phi) is 4.55. The number of benzene rings is 1. The first-order chi connectivity index (χ1) is 11.5. The SMILES string of the molecule is Cn1cnc(S(=O)(=O)N2CCCN(c3ccc(C#N)cc3)CC2)c1. The maximum atomic E-state index is 12.7. The molecule has 1 fully saturated rings. The fourth-order valence-corrected chi connectivity index (χ4v) is 4.23. The molecule has 2 aromatic rings. The Labute approximate surface area is 141 Å². The van der Waals surface area contributed by atoms with Crippen LogP contribution in [-0.2, 0) is 17.1 Å². The van der Waals surface area contributed by atoms with Crippen LogP contribution in [0.4, 0.5) is 5.69 Å². The summed E-state index contributed by atoms with van der Waals surface area (Å²) in [6, 6.07) is 9.47. The molecule has 0 radical (unpaired) electrons. The van der Waals surface area contributed by atoms with Crippen molar-refractivity contribution in [1.29, 1.82) is 5.26 Å². The lowest BCUT2D eigenvalue weighted by atomic mass is 10.2. The molecule has 1 saturated heterocycles. The number of sulfonamides is 1. The zero-order valence-electron chi connectivity index (χ0n) is 13.5. The van der Waals surface area contributed by atoms with Gasteiger partial charge in [0.25, 0.3) is 10.0 Å². The molecule has 7 nitrogen and oxygen atoms in total. The first-order valence-corrected chi connectivity index (χ1v) is 9.18. The van der Waals surface area contributed by atoms with E-state index in [2.05, 4.69) is 16.0 Å². The van der Waals surface area contributed by atoms with Gasteiger partial charge in [0.15, 0.2) is 5.03 Å². The molecule has 0 atom stereocenters. The standard InChI is InChI=1S/C16H19N5O2S/c1-19-12-16(18-13-19)24(22,23)21-8-2-7-20(9-10-21)15-5-3-14(11-17)4-6-15/h3-6,12-13H,2,7-10H2,1H3. The van der Waals surface area contributed by atoms with Crippen LogP contribution in [0.5, 0.6) is 0 Å². The highest BCUT2D eigenvalue weighted by Crippen LogP contribution is 2.20. The van der Waals surface area contributed by atoms with Crippen molar-refractivity contribution in [3.05, 3.63) is 42.4 Å². The predicted octanol–water partition coefficient (Wildman–Crippen LogP) is 1.19. The minimum Gasteiger partial charge on any atom is -0.370 e. The number of imidazole rings is 1. The second-order valence-corrected chi connectivity index (χ2v) is 7.67. The summed E-state index contributed by atoms with van der Waals surface area (Å²) in [7, 11) is -1.80. The number of nitriles is 1. The number of aromatic nitrogens is 2. The van der Waals surface area contributed by atoms with Gasteiger partial charge in [-0.3, -0.25) is 0 Å². The van der Waals surface area contributed by atoms with Crippen LogP contribution in [0.25, 0.3) is 0 Å². The van der Waals surface area contributed by atoms with Crippen LogP contribution in [-0.4, -0.2) is 48.5 Å². The maximum Gasteiger partial charge on any atom is 0.262 e. The Morgan fingerprint density at radius 1 is 1.12 bits per heavy atom. The van der Waals surface area contributed by atoms with Gasteiger partial charge in [-0.1, -0.05) is 0 Å². The number of anilines is 1. The third kappa shape index (κ3) is 3.27. The monoisotopic (exact) mass is 345 g/mol. The summed E-state index contributed by atoms with van der Waals surface area (Å²) in [6.07, 6.45) is 3.76. The van der Waals surface area contributed by atoms with E-state index in [4.69, 9.17) is 5.26 Å². The van der Waals surface area contributed by atoms with Crippen LogP contribution in [0.2, 0.25) is 0 Å². The molecule has 8 heteroatoms. The van der Waals surface area contributed by atoms with Gasteiger partial charge in [0.2, 0.25) is 0 Å². The lowest BCUT2D eigenvalue weighted by Gasteiger charge is -2.23. The van der Waals surface area contributed by atoms with Crippen molar-refractivity contribution in [2.75, 3.05) is 31.1 Å². The fourth-order valence-electron chi connectivity index (χ4n) is 2.79. The number of hydrogen-bond donors (Lipinski definition) is 0. The quantitative estimate of drug-likeness (QED) is 0.835. The van der Waals surface area contributed by atoms with Crippen LogP contribution in [0.1, 0.15) is 12.0 Å². The molecule has 0 amide bonds. The molecule has 0 N–H and O–H groups in total. The smallest absolute Gasteiger partial charge is 0.262 e. The number of hydrogen-bond acceptors (Lipinski definition) is 5. The second-order valence-electron chi connectivity index (χ2n) is 5.78. The van der Waals surface area contributed by atoms with E-state index < -0.39 is 10.0 Å². The largest absolute Gasteiger partial charge is 0.370 e. The number of rotatable bonds is 3. The van der Waals surface area contributed by atoms with Gasteiger partial charge in [-0.2, -0.15) is 9.57 Å². The van der Waals surface area contributed by atoms with Crippen molar-refractivity contribution in [2.45, 2.75) is 11.4 Å². The molecule has 2 heterocycles. The van der Waals surface area contributed by atoms with Gasteiger partial charge < -0.3 is 9.47 Å².